The summed E-state index contributed by atoms with van der Waals surface area (Å²) in [4.78, 5) is 0. The maximum atomic E-state index is 10.7. The normalized spacial score (nSPS) is 31.4. The molecule has 3 rings (SSSR count). The molecule has 5 atom stereocenters. The van der Waals surface area contributed by atoms with Gasteiger partial charge >= 0.3 is 0 Å². The minimum atomic E-state index is -1.90. The molecule has 1 N–H and O–H groups in total. The maximum Gasteiger partial charge on any atom is 0.193 e. The van der Waals surface area contributed by atoms with Crippen molar-refractivity contribution < 1.29 is 19.0 Å². The SMILES string of the molecule is CCC(CC)CCC(C#CC1C(O)CC2C1CC21OCCO1)O[Si](C)(C)C(C)(C)C. The van der Waals surface area contributed by atoms with Crippen molar-refractivity contribution in [1.29, 1.82) is 0 Å². The molecule has 0 aromatic heterocycles. The number of hydrogen-bond donors (Lipinski definition) is 1. The average Bonchev–Trinajstić information content (AvgIpc) is 3.25. The van der Waals surface area contributed by atoms with Crippen LogP contribution in [0, 0.1) is 35.5 Å². The second-order valence-electron chi connectivity index (χ2n) is 11.2. The van der Waals surface area contributed by atoms with Crippen LogP contribution in [0.1, 0.15) is 73.1 Å². The van der Waals surface area contributed by atoms with Gasteiger partial charge in [-0.3, -0.25) is 0 Å². The Hall–Kier alpha value is -0.383. The van der Waals surface area contributed by atoms with Crippen LogP contribution in [0.3, 0.4) is 0 Å². The molecule has 4 nitrogen and oxygen atoms in total. The summed E-state index contributed by atoms with van der Waals surface area (Å²) in [5, 5.41) is 10.9. The summed E-state index contributed by atoms with van der Waals surface area (Å²) in [6.07, 6.45) is 5.76. The van der Waals surface area contributed by atoms with Crippen LogP contribution in [0.5, 0.6) is 0 Å². The molecule has 1 spiro atoms. The number of rotatable bonds is 7. The highest BCUT2D eigenvalue weighted by atomic mass is 28.4. The Morgan fingerprint density at radius 3 is 2.33 bits per heavy atom. The van der Waals surface area contributed by atoms with Crippen molar-refractivity contribution in [2.24, 2.45) is 23.7 Å². The number of aliphatic hydroxyl groups is 1. The molecule has 0 amide bonds. The molecule has 1 heterocycles. The first-order valence-corrected chi connectivity index (χ1v) is 15.1. The fourth-order valence-electron chi connectivity index (χ4n) is 5.18. The molecule has 0 bridgehead atoms. The summed E-state index contributed by atoms with van der Waals surface area (Å²) in [7, 11) is -1.90. The zero-order valence-corrected chi connectivity index (χ0v) is 21.3. The van der Waals surface area contributed by atoms with E-state index in [1.54, 1.807) is 0 Å². The van der Waals surface area contributed by atoms with E-state index in [4.69, 9.17) is 13.9 Å². The Bertz CT molecular complexity index is 634. The maximum absolute atomic E-state index is 10.7. The van der Waals surface area contributed by atoms with Gasteiger partial charge in [0.25, 0.3) is 0 Å². The second-order valence-corrected chi connectivity index (χ2v) is 16.0. The zero-order valence-electron chi connectivity index (χ0n) is 20.3. The van der Waals surface area contributed by atoms with Gasteiger partial charge < -0.3 is 19.0 Å². The van der Waals surface area contributed by atoms with Gasteiger partial charge in [0, 0.05) is 18.3 Å². The van der Waals surface area contributed by atoms with E-state index in [1.165, 1.54) is 12.8 Å². The van der Waals surface area contributed by atoms with Gasteiger partial charge in [-0.05, 0) is 49.2 Å². The van der Waals surface area contributed by atoms with Gasteiger partial charge in [-0.25, -0.2) is 0 Å². The van der Waals surface area contributed by atoms with Gasteiger partial charge in [0.2, 0.25) is 0 Å². The smallest absolute Gasteiger partial charge is 0.193 e. The number of hydrogen-bond acceptors (Lipinski definition) is 4. The highest BCUT2D eigenvalue weighted by Gasteiger charge is 2.64. The summed E-state index contributed by atoms with van der Waals surface area (Å²) in [5.41, 5.74) is 0. The Morgan fingerprint density at radius 2 is 1.77 bits per heavy atom. The van der Waals surface area contributed by atoms with Crippen molar-refractivity contribution in [2.75, 3.05) is 13.2 Å². The van der Waals surface area contributed by atoms with Crippen LogP contribution in [-0.2, 0) is 13.9 Å². The first-order valence-electron chi connectivity index (χ1n) is 12.2. The van der Waals surface area contributed by atoms with E-state index in [-0.39, 0.29) is 23.2 Å². The lowest BCUT2D eigenvalue weighted by atomic mass is 9.67. The van der Waals surface area contributed by atoms with E-state index in [1.807, 2.05) is 0 Å². The van der Waals surface area contributed by atoms with Crippen molar-refractivity contribution >= 4 is 8.32 Å². The van der Waals surface area contributed by atoms with Gasteiger partial charge in [0.15, 0.2) is 14.1 Å². The topological polar surface area (TPSA) is 47.9 Å². The van der Waals surface area contributed by atoms with Crippen LogP contribution in [0.15, 0.2) is 0 Å². The van der Waals surface area contributed by atoms with Crippen molar-refractivity contribution in [1.82, 2.24) is 0 Å². The van der Waals surface area contributed by atoms with Crippen LogP contribution >= 0.6 is 0 Å². The largest absolute Gasteiger partial charge is 0.403 e. The van der Waals surface area contributed by atoms with Gasteiger partial charge in [-0.1, -0.05) is 59.3 Å². The minimum Gasteiger partial charge on any atom is -0.403 e. The molecule has 0 aromatic rings. The number of fused-ring (bicyclic) bond motifs is 2. The van der Waals surface area contributed by atoms with E-state index >= 15 is 0 Å². The molecule has 1 saturated heterocycles. The first-order chi connectivity index (χ1) is 14.0. The number of ether oxygens (including phenoxy) is 2. The molecular formula is C25H44O4Si. The Labute approximate surface area is 185 Å². The average molecular weight is 437 g/mol. The second kappa shape index (κ2) is 9.23. The standard InChI is InChI=1S/C25H44O4Si/c1-8-18(9-2)10-11-19(29-30(6,7)24(3,4)5)12-13-20-21-17-25(27-14-15-28-25)22(21)16-23(20)26/h18-23,26H,8-11,14-17H2,1-7H3. The van der Waals surface area contributed by atoms with Crippen LogP contribution in [-0.4, -0.2) is 44.6 Å². The molecule has 2 saturated carbocycles. The third-order valence-corrected chi connectivity index (χ3v) is 12.9. The van der Waals surface area contributed by atoms with Crippen LogP contribution < -0.4 is 0 Å². The van der Waals surface area contributed by atoms with Gasteiger partial charge in [0.05, 0.1) is 19.3 Å². The zero-order chi connectivity index (χ0) is 22.2. The molecule has 3 fully saturated rings. The van der Waals surface area contributed by atoms with Crippen molar-refractivity contribution in [3.05, 3.63) is 0 Å². The predicted molar refractivity (Wildman–Crippen MR) is 123 cm³/mol. The predicted octanol–water partition coefficient (Wildman–Crippen LogP) is 5.36. The highest BCUT2D eigenvalue weighted by Crippen LogP contribution is 2.59. The summed E-state index contributed by atoms with van der Waals surface area (Å²) >= 11 is 0. The molecule has 30 heavy (non-hydrogen) atoms. The van der Waals surface area contributed by atoms with Crippen molar-refractivity contribution in [3.63, 3.8) is 0 Å². The van der Waals surface area contributed by atoms with E-state index in [2.05, 4.69) is 59.6 Å². The van der Waals surface area contributed by atoms with E-state index in [0.29, 0.717) is 25.0 Å². The lowest BCUT2D eigenvalue weighted by molar-refractivity contribution is -0.270. The van der Waals surface area contributed by atoms with Crippen molar-refractivity contribution in [3.8, 4) is 11.8 Å². The summed E-state index contributed by atoms with van der Waals surface area (Å²) < 4.78 is 18.6. The fourth-order valence-corrected chi connectivity index (χ4v) is 6.43. The highest BCUT2D eigenvalue weighted by molar-refractivity contribution is 6.74. The molecule has 0 aromatic carbocycles. The molecule has 2 aliphatic carbocycles. The fraction of sp³-hybridized carbons (Fsp3) is 0.920. The monoisotopic (exact) mass is 436 g/mol. The molecule has 172 valence electrons. The summed E-state index contributed by atoms with van der Waals surface area (Å²) in [6, 6.07) is 0. The Balaban J connectivity index is 1.70. The van der Waals surface area contributed by atoms with E-state index < -0.39 is 14.1 Å². The van der Waals surface area contributed by atoms with E-state index in [9.17, 15) is 5.11 Å². The summed E-state index contributed by atoms with van der Waals surface area (Å²) in [6.45, 7) is 17.4. The molecule has 5 heteroatoms. The first kappa shape index (κ1) is 24.3. The van der Waals surface area contributed by atoms with Crippen LogP contribution in [0.25, 0.3) is 0 Å². The Kier molecular flexibility index (Phi) is 7.47. The quantitative estimate of drug-likeness (QED) is 0.431. The lowest BCUT2D eigenvalue weighted by Crippen LogP contribution is -2.53. The molecule has 0 radical (unpaired) electrons. The van der Waals surface area contributed by atoms with Gasteiger partial charge in [0.1, 0.15) is 6.10 Å². The third kappa shape index (κ3) is 4.83. The molecule has 5 unspecified atom stereocenters. The van der Waals surface area contributed by atoms with Gasteiger partial charge in [-0.2, -0.15) is 0 Å². The van der Waals surface area contributed by atoms with Crippen LogP contribution in [0.4, 0.5) is 0 Å². The van der Waals surface area contributed by atoms with Crippen molar-refractivity contribution in [2.45, 2.75) is 109 Å². The van der Waals surface area contributed by atoms with Gasteiger partial charge in [-0.15, -0.1) is 0 Å². The minimum absolute atomic E-state index is 0.0205. The molecule has 1 aliphatic heterocycles. The summed E-state index contributed by atoms with van der Waals surface area (Å²) in [5.74, 6) is 8.01. The number of aliphatic hydroxyl groups excluding tert-OH is 1. The Morgan fingerprint density at radius 1 is 1.13 bits per heavy atom. The molecule has 3 aliphatic rings. The van der Waals surface area contributed by atoms with E-state index in [0.717, 1.165) is 31.6 Å². The van der Waals surface area contributed by atoms with Crippen LogP contribution in [0.2, 0.25) is 18.1 Å². The molecular weight excluding hydrogens is 392 g/mol. The lowest BCUT2D eigenvalue weighted by Gasteiger charge is -2.48. The third-order valence-electron chi connectivity index (χ3n) is 8.40.